The van der Waals surface area contributed by atoms with Crippen LogP contribution in [0.3, 0.4) is 0 Å². The van der Waals surface area contributed by atoms with Gasteiger partial charge < -0.3 is 15.0 Å². The lowest BCUT2D eigenvalue weighted by Gasteiger charge is -2.31. The van der Waals surface area contributed by atoms with Crippen LogP contribution >= 0.6 is 0 Å². The van der Waals surface area contributed by atoms with E-state index in [0.717, 1.165) is 19.1 Å². The minimum atomic E-state index is 0.703. The molecule has 2 rings (SSSR count). The Morgan fingerprint density at radius 3 is 3.00 bits per heavy atom. The summed E-state index contributed by atoms with van der Waals surface area (Å²) in [6.07, 6.45) is 6.49. The van der Waals surface area contributed by atoms with Crippen molar-refractivity contribution in [2.75, 3.05) is 39.9 Å². The summed E-state index contributed by atoms with van der Waals surface area (Å²) in [5.74, 6) is 0.864. The highest BCUT2D eigenvalue weighted by Gasteiger charge is 2.19. The summed E-state index contributed by atoms with van der Waals surface area (Å²) in [6, 6.07) is 0.703. The van der Waals surface area contributed by atoms with E-state index in [0.29, 0.717) is 6.04 Å². The molecule has 2 fully saturated rings. The van der Waals surface area contributed by atoms with Gasteiger partial charge >= 0.3 is 0 Å². The van der Waals surface area contributed by atoms with Gasteiger partial charge in [0, 0.05) is 25.8 Å². The summed E-state index contributed by atoms with van der Waals surface area (Å²) in [4.78, 5) is 2.46. The zero-order chi connectivity index (χ0) is 11.2. The summed E-state index contributed by atoms with van der Waals surface area (Å²) in [5, 5.41) is 3.75. The lowest BCUT2D eigenvalue weighted by molar-refractivity contribution is 0.142. The number of piperidine rings is 1. The first-order valence-electron chi connectivity index (χ1n) is 6.84. The molecule has 0 aromatic rings. The van der Waals surface area contributed by atoms with Gasteiger partial charge in [0.25, 0.3) is 0 Å². The topological polar surface area (TPSA) is 24.5 Å². The molecule has 0 bridgehead atoms. The average Bonchev–Trinajstić information content (AvgIpc) is 2.55. The number of likely N-dealkylation sites (tertiary alicyclic amines) is 1. The molecule has 16 heavy (non-hydrogen) atoms. The molecule has 2 aliphatic heterocycles. The molecular weight excluding hydrogens is 200 g/mol. The van der Waals surface area contributed by atoms with E-state index in [4.69, 9.17) is 4.74 Å². The Kier molecular flexibility index (Phi) is 5.07. The maximum Gasteiger partial charge on any atom is 0.0480 e. The highest BCUT2D eigenvalue weighted by Crippen LogP contribution is 2.15. The van der Waals surface area contributed by atoms with E-state index >= 15 is 0 Å². The Bertz CT molecular complexity index is 188. The Morgan fingerprint density at radius 1 is 1.19 bits per heavy atom. The fourth-order valence-electron chi connectivity index (χ4n) is 2.88. The zero-order valence-corrected chi connectivity index (χ0v) is 10.6. The van der Waals surface area contributed by atoms with Crippen molar-refractivity contribution in [2.24, 2.45) is 5.92 Å². The third-order valence-electron chi connectivity index (χ3n) is 3.87. The van der Waals surface area contributed by atoms with Gasteiger partial charge in [-0.25, -0.2) is 0 Å². The second kappa shape index (κ2) is 6.58. The molecule has 0 spiro atoms. The third kappa shape index (κ3) is 4.04. The van der Waals surface area contributed by atoms with E-state index in [1.165, 1.54) is 51.7 Å². The smallest absolute Gasteiger partial charge is 0.0480 e. The molecule has 1 N–H and O–H groups in total. The second-order valence-electron chi connectivity index (χ2n) is 5.42. The fraction of sp³-hybridized carbons (Fsp3) is 1.00. The van der Waals surface area contributed by atoms with Crippen molar-refractivity contribution < 1.29 is 4.74 Å². The van der Waals surface area contributed by atoms with Crippen LogP contribution in [0.2, 0.25) is 0 Å². The first-order valence-corrected chi connectivity index (χ1v) is 6.84. The van der Waals surface area contributed by atoms with Crippen molar-refractivity contribution in [3.63, 3.8) is 0 Å². The van der Waals surface area contributed by atoms with Crippen LogP contribution in [0.1, 0.15) is 32.1 Å². The van der Waals surface area contributed by atoms with Gasteiger partial charge in [0.15, 0.2) is 0 Å². The van der Waals surface area contributed by atoms with E-state index < -0.39 is 0 Å². The highest BCUT2D eigenvalue weighted by atomic mass is 16.5. The minimum absolute atomic E-state index is 0.703. The first kappa shape index (κ1) is 12.3. The molecule has 2 saturated heterocycles. The van der Waals surface area contributed by atoms with Gasteiger partial charge in [-0.15, -0.1) is 0 Å². The molecule has 2 aliphatic rings. The molecule has 0 aliphatic carbocycles. The van der Waals surface area contributed by atoms with Crippen molar-refractivity contribution >= 4 is 0 Å². The predicted molar refractivity (Wildman–Crippen MR) is 66.7 cm³/mol. The molecular formula is C13H26N2O. The molecule has 3 heteroatoms. The van der Waals surface area contributed by atoms with Gasteiger partial charge in [-0.1, -0.05) is 0 Å². The van der Waals surface area contributed by atoms with Gasteiger partial charge in [-0.3, -0.25) is 0 Å². The Morgan fingerprint density at radius 2 is 2.12 bits per heavy atom. The van der Waals surface area contributed by atoms with E-state index in [-0.39, 0.29) is 0 Å². The van der Waals surface area contributed by atoms with Crippen LogP contribution in [0, 0.1) is 5.92 Å². The van der Waals surface area contributed by atoms with Crippen LogP contribution in [-0.2, 0) is 4.74 Å². The van der Waals surface area contributed by atoms with Crippen molar-refractivity contribution in [1.29, 1.82) is 0 Å². The molecule has 2 heterocycles. The van der Waals surface area contributed by atoms with Gasteiger partial charge in [-0.05, 0) is 58.2 Å². The van der Waals surface area contributed by atoms with Crippen LogP contribution in [0.15, 0.2) is 0 Å². The summed E-state index contributed by atoms with van der Waals surface area (Å²) in [5.41, 5.74) is 0. The molecule has 0 amide bonds. The van der Waals surface area contributed by atoms with Crippen LogP contribution in [0.25, 0.3) is 0 Å². The summed E-state index contributed by atoms with van der Waals surface area (Å²) >= 11 is 0. The number of hydrogen-bond donors (Lipinski definition) is 1. The first-order chi connectivity index (χ1) is 7.84. The molecule has 3 nitrogen and oxygen atoms in total. The van der Waals surface area contributed by atoms with Crippen LogP contribution in [0.5, 0.6) is 0 Å². The second-order valence-corrected chi connectivity index (χ2v) is 5.42. The van der Waals surface area contributed by atoms with Crippen molar-refractivity contribution in [3.05, 3.63) is 0 Å². The van der Waals surface area contributed by atoms with Crippen molar-refractivity contribution in [3.8, 4) is 0 Å². The summed E-state index contributed by atoms with van der Waals surface area (Å²) in [6.45, 7) is 5.67. The van der Waals surface area contributed by atoms with E-state index in [1.54, 1.807) is 0 Å². The van der Waals surface area contributed by atoms with E-state index in [2.05, 4.69) is 17.3 Å². The van der Waals surface area contributed by atoms with Crippen molar-refractivity contribution in [2.45, 2.75) is 38.1 Å². The predicted octanol–water partition coefficient (Wildman–Crippen LogP) is 1.49. The Hall–Kier alpha value is -0.120. The van der Waals surface area contributed by atoms with E-state index in [1.807, 2.05) is 0 Å². The number of hydrogen-bond acceptors (Lipinski definition) is 3. The maximum atomic E-state index is 5.49. The SMILES string of the molecule is CN1CCCC(CNC2CCCOCC2)C1. The summed E-state index contributed by atoms with van der Waals surface area (Å²) < 4.78 is 5.49. The fourth-order valence-corrected chi connectivity index (χ4v) is 2.88. The molecule has 2 unspecified atom stereocenters. The largest absolute Gasteiger partial charge is 0.381 e. The van der Waals surface area contributed by atoms with Crippen LogP contribution < -0.4 is 5.32 Å². The van der Waals surface area contributed by atoms with Gasteiger partial charge in [0.2, 0.25) is 0 Å². The van der Waals surface area contributed by atoms with Gasteiger partial charge in [-0.2, -0.15) is 0 Å². The number of nitrogens with zero attached hydrogens (tertiary/aromatic N) is 1. The van der Waals surface area contributed by atoms with E-state index in [9.17, 15) is 0 Å². The Labute approximate surface area is 99.5 Å². The molecule has 0 aromatic heterocycles. The zero-order valence-electron chi connectivity index (χ0n) is 10.6. The number of nitrogens with one attached hydrogen (secondary N) is 1. The summed E-state index contributed by atoms with van der Waals surface area (Å²) in [7, 11) is 2.24. The molecule has 2 atom stereocenters. The third-order valence-corrected chi connectivity index (χ3v) is 3.87. The van der Waals surface area contributed by atoms with Gasteiger partial charge in [0.1, 0.15) is 0 Å². The average molecular weight is 226 g/mol. The molecule has 0 saturated carbocycles. The molecule has 0 radical (unpaired) electrons. The number of rotatable bonds is 3. The lowest BCUT2D eigenvalue weighted by atomic mass is 9.97. The maximum absolute atomic E-state index is 5.49. The van der Waals surface area contributed by atoms with Crippen molar-refractivity contribution in [1.82, 2.24) is 10.2 Å². The molecule has 94 valence electrons. The lowest BCUT2D eigenvalue weighted by Crippen LogP contribution is -2.40. The minimum Gasteiger partial charge on any atom is -0.381 e. The van der Waals surface area contributed by atoms with Crippen LogP contribution in [0.4, 0.5) is 0 Å². The quantitative estimate of drug-likeness (QED) is 0.789. The van der Waals surface area contributed by atoms with Crippen LogP contribution in [-0.4, -0.2) is 50.8 Å². The Balaban J connectivity index is 1.65. The monoisotopic (exact) mass is 226 g/mol. The number of ether oxygens (including phenoxy) is 1. The van der Waals surface area contributed by atoms with Gasteiger partial charge in [0.05, 0.1) is 0 Å². The normalized spacial score (nSPS) is 33.6. The standard InChI is InChI=1S/C13H26N2O/c1-15-7-2-4-12(11-15)10-14-13-5-3-8-16-9-6-13/h12-14H,2-11H2,1H3. The molecule has 0 aromatic carbocycles. The highest BCUT2D eigenvalue weighted by molar-refractivity contribution is 4.76.